The van der Waals surface area contributed by atoms with Crippen LogP contribution in [0.3, 0.4) is 0 Å². The first-order valence-corrected chi connectivity index (χ1v) is 10.6. The molecule has 150 valence electrons. The third-order valence-corrected chi connectivity index (χ3v) is 5.68. The summed E-state index contributed by atoms with van der Waals surface area (Å²) < 4.78 is 5.36. The van der Waals surface area contributed by atoms with E-state index in [4.69, 9.17) is 4.74 Å². The first-order chi connectivity index (χ1) is 12.9. The highest BCUT2D eigenvalue weighted by Gasteiger charge is 2.30. The van der Waals surface area contributed by atoms with Gasteiger partial charge < -0.3 is 15.4 Å². The summed E-state index contributed by atoms with van der Waals surface area (Å²) in [6, 6.07) is 2.83. The first kappa shape index (κ1) is 21.4. The Morgan fingerprint density at radius 2 is 1.78 bits per heavy atom. The van der Waals surface area contributed by atoms with Gasteiger partial charge in [0.2, 0.25) is 0 Å². The second-order valence-corrected chi connectivity index (χ2v) is 8.40. The molecule has 1 fully saturated rings. The molecule has 6 nitrogen and oxygen atoms in total. The maximum absolute atomic E-state index is 12.5. The Morgan fingerprint density at radius 3 is 2.33 bits per heavy atom. The summed E-state index contributed by atoms with van der Waals surface area (Å²) in [5, 5.41) is 7.51. The van der Waals surface area contributed by atoms with Gasteiger partial charge in [-0.1, -0.05) is 45.6 Å². The minimum absolute atomic E-state index is 0.153. The summed E-state index contributed by atoms with van der Waals surface area (Å²) in [6.45, 7) is 5.23. The van der Waals surface area contributed by atoms with E-state index in [1.165, 1.54) is 24.2 Å². The lowest BCUT2D eigenvalue weighted by molar-refractivity contribution is -0.157. The molecule has 0 spiro atoms. The van der Waals surface area contributed by atoms with Crippen molar-refractivity contribution in [1.29, 1.82) is 0 Å². The Morgan fingerprint density at radius 1 is 1.11 bits per heavy atom. The zero-order chi connectivity index (χ0) is 19.8. The highest BCUT2D eigenvalue weighted by molar-refractivity contribution is 7.12. The predicted octanol–water partition coefficient (Wildman–Crippen LogP) is 3.27. The summed E-state index contributed by atoms with van der Waals surface area (Å²) >= 11 is 1.31. The lowest BCUT2D eigenvalue weighted by Gasteiger charge is -2.24. The molecular formula is C20H30N2O4S. The zero-order valence-electron chi connectivity index (χ0n) is 16.3. The molecule has 7 heteroatoms. The molecule has 2 N–H and O–H groups in total. The van der Waals surface area contributed by atoms with Crippen molar-refractivity contribution in [2.24, 2.45) is 5.92 Å². The van der Waals surface area contributed by atoms with Gasteiger partial charge in [0.05, 0.1) is 4.88 Å². The molecule has 0 aliphatic heterocycles. The van der Waals surface area contributed by atoms with Gasteiger partial charge in [-0.25, -0.2) is 4.79 Å². The summed E-state index contributed by atoms with van der Waals surface area (Å²) in [4.78, 5) is 37.7. The number of carbonyl (C=O) groups is 3. The van der Waals surface area contributed by atoms with Crippen molar-refractivity contribution in [3.8, 4) is 0 Å². The van der Waals surface area contributed by atoms with Crippen LogP contribution in [0.25, 0.3) is 0 Å². The van der Waals surface area contributed by atoms with E-state index in [-0.39, 0.29) is 23.8 Å². The maximum Gasteiger partial charge on any atom is 0.329 e. The number of ether oxygens (including phenoxy) is 1. The van der Waals surface area contributed by atoms with Crippen LogP contribution in [0.5, 0.6) is 0 Å². The molecule has 2 rings (SSSR count). The van der Waals surface area contributed by atoms with Crippen LogP contribution >= 0.6 is 11.3 Å². The van der Waals surface area contributed by atoms with Gasteiger partial charge in [0.1, 0.15) is 6.04 Å². The molecule has 1 aromatic heterocycles. The average molecular weight is 395 g/mol. The van der Waals surface area contributed by atoms with Gasteiger partial charge in [-0.2, -0.15) is 0 Å². The zero-order valence-corrected chi connectivity index (χ0v) is 17.1. The van der Waals surface area contributed by atoms with E-state index in [9.17, 15) is 14.4 Å². The lowest BCUT2D eigenvalue weighted by Crippen LogP contribution is -2.48. The topological polar surface area (TPSA) is 84.5 Å². The van der Waals surface area contributed by atoms with Gasteiger partial charge in [-0.3, -0.25) is 9.59 Å². The van der Waals surface area contributed by atoms with Crippen molar-refractivity contribution < 1.29 is 19.1 Å². The van der Waals surface area contributed by atoms with E-state index in [1.807, 2.05) is 13.8 Å². The van der Waals surface area contributed by atoms with Crippen LogP contribution in [0.4, 0.5) is 0 Å². The first-order valence-electron chi connectivity index (χ1n) is 9.73. The third-order valence-electron chi connectivity index (χ3n) is 4.82. The number of nitrogens with one attached hydrogen (secondary N) is 2. The van der Waals surface area contributed by atoms with Crippen LogP contribution in [-0.4, -0.2) is 36.0 Å². The van der Waals surface area contributed by atoms with Crippen molar-refractivity contribution >= 4 is 29.1 Å². The summed E-state index contributed by atoms with van der Waals surface area (Å²) in [5.41, 5.74) is 0. The van der Waals surface area contributed by atoms with Crippen molar-refractivity contribution in [2.45, 2.75) is 77.5 Å². The molecule has 1 saturated carbocycles. The van der Waals surface area contributed by atoms with E-state index >= 15 is 0 Å². The molecule has 2 atom stereocenters. The molecule has 1 aliphatic carbocycles. The van der Waals surface area contributed by atoms with Crippen molar-refractivity contribution in [2.75, 3.05) is 0 Å². The fourth-order valence-electron chi connectivity index (χ4n) is 3.16. The molecule has 1 aromatic rings. The quantitative estimate of drug-likeness (QED) is 0.549. The van der Waals surface area contributed by atoms with E-state index in [0.29, 0.717) is 4.88 Å². The number of rotatable bonds is 7. The van der Waals surface area contributed by atoms with Gasteiger partial charge >= 0.3 is 5.97 Å². The maximum atomic E-state index is 12.5. The second kappa shape index (κ2) is 10.4. The molecule has 0 unspecified atom stereocenters. The van der Waals surface area contributed by atoms with Crippen molar-refractivity contribution in [1.82, 2.24) is 10.6 Å². The summed E-state index contributed by atoms with van der Waals surface area (Å²) in [5.74, 6) is -1.32. The fraction of sp³-hybridized carbons (Fsp3) is 0.650. The van der Waals surface area contributed by atoms with Crippen LogP contribution in [0.1, 0.15) is 69.0 Å². The highest BCUT2D eigenvalue weighted by atomic mass is 32.1. The Hall–Kier alpha value is -1.89. The van der Waals surface area contributed by atoms with Crippen LogP contribution < -0.4 is 10.6 Å². The SMILES string of the molecule is CC(C)[C@@H](NC(=O)c1cccs1)C(=O)O[C@@H](C)C(=O)NC1CCCCCC1. The van der Waals surface area contributed by atoms with Crippen LogP contribution in [0.2, 0.25) is 0 Å². The van der Waals surface area contributed by atoms with E-state index in [2.05, 4.69) is 10.6 Å². The molecule has 0 bridgehead atoms. The van der Waals surface area contributed by atoms with Gasteiger partial charge in [0, 0.05) is 6.04 Å². The van der Waals surface area contributed by atoms with E-state index in [0.717, 1.165) is 25.7 Å². The molecule has 27 heavy (non-hydrogen) atoms. The number of amides is 2. The summed E-state index contributed by atoms with van der Waals surface area (Å²) in [6.07, 6.45) is 5.69. The van der Waals surface area contributed by atoms with Gasteiger partial charge in [-0.15, -0.1) is 11.3 Å². The Bertz CT molecular complexity index is 622. The van der Waals surface area contributed by atoms with Crippen molar-refractivity contribution in [3.63, 3.8) is 0 Å². The van der Waals surface area contributed by atoms with Crippen LogP contribution in [0, 0.1) is 5.92 Å². The number of thiophene rings is 1. The normalized spacial score (nSPS) is 17.6. The fourth-order valence-corrected chi connectivity index (χ4v) is 3.79. The van der Waals surface area contributed by atoms with Gasteiger partial charge in [0.25, 0.3) is 11.8 Å². The largest absolute Gasteiger partial charge is 0.451 e. The number of carbonyl (C=O) groups excluding carboxylic acids is 3. The lowest BCUT2D eigenvalue weighted by atomic mass is 10.0. The number of hydrogen-bond acceptors (Lipinski definition) is 5. The Kier molecular flexibility index (Phi) is 8.28. The minimum atomic E-state index is -0.888. The van der Waals surface area contributed by atoms with Crippen LogP contribution in [0.15, 0.2) is 17.5 Å². The molecule has 0 aromatic carbocycles. The standard InChI is InChI=1S/C20H30N2O4S/c1-13(2)17(22-19(24)16-11-8-12-27-16)20(25)26-14(3)18(23)21-15-9-6-4-5-7-10-15/h8,11-15,17H,4-7,9-10H2,1-3H3,(H,21,23)(H,22,24)/t14-,17+/m0/s1. The molecule has 0 radical (unpaired) electrons. The second-order valence-electron chi connectivity index (χ2n) is 7.45. The van der Waals surface area contributed by atoms with Crippen molar-refractivity contribution in [3.05, 3.63) is 22.4 Å². The predicted molar refractivity (Wildman–Crippen MR) is 106 cm³/mol. The number of esters is 1. The number of hydrogen-bond donors (Lipinski definition) is 2. The van der Waals surface area contributed by atoms with E-state index < -0.39 is 18.1 Å². The molecule has 0 saturated heterocycles. The molecular weight excluding hydrogens is 364 g/mol. The summed E-state index contributed by atoms with van der Waals surface area (Å²) in [7, 11) is 0. The Balaban J connectivity index is 1.89. The third kappa shape index (κ3) is 6.65. The smallest absolute Gasteiger partial charge is 0.329 e. The molecule has 1 heterocycles. The Labute approximate surface area is 165 Å². The van der Waals surface area contributed by atoms with Gasteiger partial charge in [0.15, 0.2) is 6.10 Å². The van der Waals surface area contributed by atoms with E-state index in [1.54, 1.807) is 24.4 Å². The highest BCUT2D eigenvalue weighted by Crippen LogP contribution is 2.17. The minimum Gasteiger partial charge on any atom is -0.451 e. The molecule has 1 aliphatic rings. The van der Waals surface area contributed by atoms with Crippen LogP contribution in [-0.2, 0) is 14.3 Å². The van der Waals surface area contributed by atoms with Gasteiger partial charge in [-0.05, 0) is 37.1 Å². The molecule has 2 amide bonds. The monoisotopic (exact) mass is 394 g/mol. The average Bonchev–Trinajstić information content (AvgIpc) is 3.04.